The SMILES string of the molecule is N#Cc1ccc(NCCN2CCOCC2)cn1. The van der Waals surface area contributed by atoms with E-state index in [0.29, 0.717) is 5.69 Å². The maximum Gasteiger partial charge on any atom is 0.140 e. The van der Waals surface area contributed by atoms with Gasteiger partial charge >= 0.3 is 0 Å². The van der Waals surface area contributed by atoms with Crippen LogP contribution in [0.3, 0.4) is 0 Å². The van der Waals surface area contributed by atoms with Gasteiger partial charge in [-0.3, -0.25) is 4.90 Å². The summed E-state index contributed by atoms with van der Waals surface area (Å²) < 4.78 is 5.29. The van der Waals surface area contributed by atoms with Crippen LogP contribution in [-0.2, 0) is 4.74 Å². The largest absolute Gasteiger partial charge is 0.383 e. The van der Waals surface area contributed by atoms with E-state index in [1.54, 1.807) is 12.3 Å². The standard InChI is InChI=1S/C12H16N4O/c13-9-11-1-2-12(10-15-11)14-3-4-16-5-7-17-8-6-16/h1-2,10,14H,3-8H2. The lowest BCUT2D eigenvalue weighted by Gasteiger charge is -2.26. The van der Waals surface area contributed by atoms with Gasteiger partial charge < -0.3 is 10.1 Å². The minimum absolute atomic E-state index is 0.448. The van der Waals surface area contributed by atoms with Crippen molar-refractivity contribution in [3.8, 4) is 6.07 Å². The molecule has 0 aliphatic carbocycles. The lowest BCUT2D eigenvalue weighted by molar-refractivity contribution is 0.0398. The van der Waals surface area contributed by atoms with Crippen molar-refractivity contribution in [3.63, 3.8) is 0 Å². The highest BCUT2D eigenvalue weighted by atomic mass is 16.5. The third-order valence-electron chi connectivity index (χ3n) is 2.74. The lowest BCUT2D eigenvalue weighted by atomic mass is 10.3. The maximum absolute atomic E-state index is 8.62. The predicted octanol–water partition coefficient (Wildman–Crippen LogP) is 0.697. The molecule has 1 aliphatic rings. The molecule has 2 heterocycles. The highest BCUT2D eigenvalue weighted by Crippen LogP contribution is 2.05. The maximum atomic E-state index is 8.62. The highest BCUT2D eigenvalue weighted by Gasteiger charge is 2.08. The van der Waals surface area contributed by atoms with Crippen LogP contribution in [0.5, 0.6) is 0 Å². The lowest BCUT2D eigenvalue weighted by Crippen LogP contribution is -2.39. The van der Waals surface area contributed by atoms with Crippen LogP contribution in [0.4, 0.5) is 5.69 Å². The second-order valence-corrected chi connectivity index (χ2v) is 3.92. The minimum Gasteiger partial charge on any atom is -0.383 e. The van der Waals surface area contributed by atoms with E-state index in [9.17, 15) is 0 Å². The van der Waals surface area contributed by atoms with Crippen LogP contribution in [-0.4, -0.2) is 49.3 Å². The van der Waals surface area contributed by atoms with Gasteiger partial charge in [-0.15, -0.1) is 0 Å². The summed E-state index contributed by atoms with van der Waals surface area (Å²) in [6.07, 6.45) is 1.69. The Hall–Kier alpha value is -1.64. The summed E-state index contributed by atoms with van der Waals surface area (Å²) in [7, 11) is 0. The van der Waals surface area contributed by atoms with E-state index in [0.717, 1.165) is 45.1 Å². The Bertz CT molecular complexity index is 378. The Morgan fingerprint density at radius 1 is 1.41 bits per heavy atom. The number of aromatic nitrogens is 1. The Morgan fingerprint density at radius 2 is 2.24 bits per heavy atom. The molecule has 17 heavy (non-hydrogen) atoms. The molecule has 0 spiro atoms. The van der Waals surface area contributed by atoms with E-state index < -0.39 is 0 Å². The van der Waals surface area contributed by atoms with Crippen molar-refractivity contribution in [3.05, 3.63) is 24.0 Å². The second-order valence-electron chi connectivity index (χ2n) is 3.92. The Labute approximate surface area is 101 Å². The normalized spacial score (nSPS) is 16.4. The first kappa shape index (κ1) is 11.8. The van der Waals surface area contributed by atoms with E-state index in [-0.39, 0.29) is 0 Å². The summed E-state index contributed by atoms with van der Waals surface area (Å²) in [5, 5.41) is 11.9. The molecule has 0 aromatic carbocycles. The second kappa shape index (κ2) is 6.18. The van der Waals surface area contributed by atoms with Gasteiger partial charge in [-0.25, -0.2) is 4.98 Å². The molecule has 0 radical (unpaired) electrons. The average Bonchev–Trinajstić information content (AvgIpc) is 2.41. The molecule has 5 nitrogen and oxygen atoms in total. The summed E-state index contributed by atoms with van der Waals surface area (Å²) >= 11 is 0. The third kappa shape index (κ3) is 3.70. The summed E-state index contributed by atoms with van der Waals surface area (Å²) in [5.41, 5.74) is 1.40. The molecule has 0 atom stereocenters. The molecule has 2 rings (SSSR count). The quantitative estimate of drug-likeness (QED) is 0.828. The number of pyridine rings is 1. The van der Waals surface area contributed by atoms with Crippen molar-refractivity contribution in [1.29, 1.82) is 5.26 Å². The molecule has 0 bridgehead atoms. The minimum atomic E-state index is 0.448. The third-order valence-corrected chi connectivity index (χ3v) is 2.74. The van der Waals surface area contributed by atoms with Crippen LogP contribution in [0.25, 0.3) is 0 Å². The van der Waals surface area contributed by atoms with Crippen LogP contribution >= 0.6 is 0 Å². The molecule has 1 aromatic heterocycles. The fourth-order valence-corrected chi connectivity index (χ4v) is 1.75. The number of nitriles is 1. The zero-order chi connectivity index (χ0) is 11.9. The molecule has 1 saturated heterocycles. The van der Waals surface area contributed by atoms with Crippen molar-refractivity contribution in [2.75, 3.05) is 44.7 Å². The van der Waals surface area contributed by atoms with Crippen molar-refractivity contribution >= 4 is 5.69 Å². The van der Waals surface area contributed by atoms with Gasteiger partial charge in [-0.1, -0.05) is 0 Å². The fourth-order valence-electron chi connectivity index (χ4n) is 1.75. The van der Waals surface area contributed by atoms with Gasteiger partial charge in [-0.05, 0) is 12.1 Å². The van der Waals surface area contributed by atoms with Gasteiger partial charge in [0.1, 0.15) is 11.8 Å². The van der Waals surface area contributed by atoms with Crippen LogP contribution < -0.4 is 5.32 Å². The smallest absolute Gasteiger partial charge is 0.140 e. The Kier molecular flexibility index (Phi) is 4.30. The number of nitrogens with one attached hydrogen (secondary N) is 1. The molecule has 0 amide bonds. The molecule has 1 N–H and O–H groups in total. The fraction of sp³-hybridized carbons (Fsp3) is 0.500. The van der Waals surface area contributed by atoms with Gasteiger partial charge in [-0.2, -0.15) is 5.26 Å². The molecule has 1 aromatic rings. The highest BCUT2D eigenvalue weighted by molar-refractivity contribution is 5.42. The molecule has 1 fully saturated rings. The number of ether oxygens (including phenoxy) is 1. The number of hydrogen-bond acceptors (Lipinski definition) is 5. The first-order valence-electron chi connectivity index (χ1n) is 5.78. The summed E-state index contributed by atoms with van der Waals surface area (Å²) in [6, 6.07) is 5.60. The number of hydrogen-bond donors (Lipinski definition) is 1. The number of morpholine rings is 1. The topological polar surface area (TPSA) is 61.2 Å². The monoisotopic (exact) mass is 232 g/mol. The van der Waals surface area contributed by atoms with Crippen LogP contribution in [0, 0.1) is 11.3 Å². The van der Waals surface area contributed by atoms with E-state index in [1.165, 1.54) is 0 Å². The summed E-state index contributed by atoms with van der Waals surface area (Å²) in [5.74, 6) is 0. The summed E-state index contributed by atoms with van der Waals surface area (Å²) in [4.78, 5) is 6.37. The first-order valence-corrected chi connectivity index (χ1v) is 5.78. The molecule has 0 saturated carbocycles. The average molecular weight is 232 g/mol. The molecular weight excluding hydrogens is 216 g/mol. The van der Waals surface area contributed by atoms with Gasteiger partial charge in [0.25, 0.3) is 0 Å². The predicted molar refractivity (Wildman–Crippen MR) is 64.7 cm³/mol. The Balaban J connectivity index is 1.72. The molecular formula is C12H16N4O. The van der Waals surface area contributed by atoms with Crippen molar-refractivity contribution < 1.29 is 4.74 Å². The van der Waals surface area contributed by atoms with Gasteiger partial charge in [0.15, 0.2) is 0 Å². The van der Waals surface area contributed by atoms with Crippen molar-refractivity contribution in [2.24, 2.45) is 0 Å². The molecule has 5 heteroatoms. The number of anilines is 1. The van der Waals surface area contributed by atoms with Gasteiger partial charge in [0.2, 0.25) is 0 Å². The van der Waals surface area contributed by atoms with E-state index in [1.807, 2.05) is 12.1 Å². The zero-order valence-corrected chi connectivity index (χ0v) is 9.72. The van der Waals surface area contributed by atoms with E-state index in [4.69, 9.17) is 10.00 Å². The van der Waals surface area contributed by atoms with Crippen molar-refractivity contribution in [1.82, 2.24) is 9.88 Å². The summed E-state index contributed by atoms with van der Waals surface area (Å²) in [6.45, 7) is 5.56. The molecule has 1 aliphatic heterocycles. The van der Waals surface area contributed by atoms with E-state index in [2.05, 4.69) is 15.2 Å². The molecule has 90 valence electrons. The van der Waals surface area contributed by atoms with Gasteiger partial charge in [0, 0.05) is 26.2 Å². The van der Waals surface area contributed by atoms with Crippen LogP contribution in [0.15, 0.2) is 18.3 Å². The van der Waals surface area contributed by atoms with Gasteiger partial charge in [0.05, 0.1) is 25.1 Å². The number of nitrogens with zero attached hydrogens (tertiary/aromatic N) is 3. The first-order chi connectivity index (χ1) is 8.38. The van der Waals surface area contributed by atoms with Crippen molar-refractivity contribution in [2.45, 2.75) is 0 Å². The Morgan fingerprint density at radius 3 is 2.88 bits per heavy atom. The van der Waals surface area contributed by atoms with E-state index >= 15 is 0 Å². The molecule has 0 unspecified atom stereocenters. The van der Waals surface area contributed by atoms with Crippen LogP contribution in [0.1, 0.15) is 5.69 Å². The van der Waals surface area contributed by atoms with Crippen LogP contribution in [0.2, 0.25) is 0 Å². The number of rotatable bonds is 4. The zero-order valence-electron chi connectivity index (χ0n) is 9.72.